The average molecular weight is 330 g/mol. The predicted molar refractivity (Wildman–Crippen MR) is 79.7 cm³/mol. The van der Waals surface area contributed by atoms with Gasteiger partial charge in [-0.25, -0.2) is 17.5 Å². The third-order valence-corrected chi connectivity index (χ3v) is 4.53. The molecule has 0 heterocycles. The molecule has 0 spiro atoms. The number of hydrogen-bond acceptors (Lipinski definition) is 4. The summed E-state index contributed by atoms with van der Waals surface area (Å²) < 4.78 is 39.9. The lowest BCUT2D eigenvalue weighted by atomic mass is 10.2. The Morgan fingerprint density at radius 3 is 2.57 bits per heavy atom. The van der Waals surface area contributed by atoms with Crippen molar-refractivity contribution in [2.45, 2.75) is 11.4 Å². The minimum Gasteiger partial charge on any atom is -0.323 e. The van der Waals surface area contributed by atoms with Gasteiger partial charge in [-0.2, -0.15) is 0 Å². The molecule has 0 aliphatic heterocycles. The highest BCUT2D eigenvalue weighted by Crippen LogP contribution is 2.20. The Balaban J connectivity index is 2.20. The van der Waals surface area contributed by atoms with E-state index in [1.165, 1.54) is 24.3 Å². The van der Waals surface area contributed by atoms with Gasteiger partial charge in [-0.15, -0.1) is 0 Å². The number of hydrogen-bond donors (Lipinski definition) is 3. The highest BCUT2D eigenvalue weighted by Gasteiger charge is 2.17. The van der Waals surface area contributed by atoms with Gasteiger partial charge in [0.2, 0.25) is 10.0 Å². The van der Waals surface area contributed by atoms with Gasteiger partial charge in [-0.1, -0.05) is 29.8 Å². The Bertz CT molecular complexity index is 753. The zero-order valence-electron chi connectivity index (χ0n) is 10.8. The summed E-state index contributed by atoms with van der Waals surface area (Å²) >= 11 is 5.65. The number of para-hydroxylation sites is 1. The molecular formula is C13H13ClFN3O2S. The third-order valence-electron chi connectivity index (χ3n) is 2.78. The minimum absolute atomic E-state index is 0.0127. The lowest BCUT2D eigenvalue weighted by Crippen LogP contribution is -2.25. The number of hydrazine groups is 1. The molecule has 2 rings (SSSR count). The number of anilines is 1. The first kappa shape index (κ1) is 15.7. The van der Waals surface area contributed by atoms with Crippen molar-refractivity contribution in [2.75, 3.05) is 5.43 Å². The van der Waals surface area contributed by atoms with Gasteiger partial charge in [-0.3, -0.25) is 5.84 Å². The molecular weight excluding hydrogens is 317 g/mol. The highest BCUT2D eigenvalue weighted by molar-refractivity contribution is 7.89. The lowest BCUT2D eigenvalue weighted by Gasteiger charge is -2.11. The van der Waals surface area contributed by atoms with Crippen molar-refractivity contribution in [2.24, 2.45) is 5.84 Å². The second kappa shape index (κ2) is 6.40. The molecule has 0 radical (unpaired) electrons. The molecule has 4 N–H and O–H groups in total. The molecule has 0 unspecified atom stereocenters. The number of halogens is 2. The molecule has 0 bridgehead atoms. The van der Waals surface area contributed by atoms with Crippen LogP contribution in [0.4, 0.5) is 10.1 Å². The monoisotopic (exact) mass is 329 g/mol. The van der Waals surface area contributed by atoms with Gasteiger partial charge in [0.1, 0.15) is 10.7 Å². The molecule has 0 aliphatic rings. The molecule has 0 atom stereocenters. The predicted octanol–water partition coefficient (Wildman–Crippen LogP) is 2.24. The maximum absolute atomic E-state index is 13.0. The maximum atomic E-state index is 13.0. The number of rotatable bonds is 5. The van der Waals surface area contributed by atoms with E-state index in [0.717, 1.165) is 0 Å². The highest BCUT2D eigenvalue weighted by atomic mass is 35.5. The summed E-state index contributed by atoms with van der Waals surface area (Å²) in [6, 6.07) is 10.2. The van der Waals surface area contributed by atoms with Crippen molar-refractivity contribution in [1.29, 1.82) is 0 Å². The van der Waals surface area contributed by atoms with E-state index in [-0.39, 0.29) is 22.2 Å². The van der Waals surface area contributed by atoms with Crippen LogP contribution in [-0.4, -0.2) is 8.42 Å². The summed E-state index contributed by atoms with van der Waals surface area (Å²) in [5.74, 6) is 4.74. The van der Waals surface area contributed by atoms with Gasteiger partial charge in [0.15, 0.2) is 0 Å². The maximum Gasteiger partial charge on any atom is 0.242 e. The van der Waals surface area contributed by atoms with Crippen LogP contribution in [0.2, 0.25) is 5.02 Å². The van der Waals surface area contributed by atoms with Gasteiger partial charge >= 0.3 is 0 Å². The van der Waals surface area contributed by atoms with E-state index in [4.69, 9.17) is 17.4 Å². The SMILES string of the molecule is NNc1ccccc1S(=O)(=O)NCc1ccc(F)c(Cl)c1. The number of nitrogens with one attached hydrogen (secondary N) is 2. The van der Waals surface area contributed by atoms with Gasteiger partial charge in [0, 0.05) is 6.54 Å². The zero-order chi connectivity index (χ0) is 15.5. The number of benzene rings is 2. The van der Waals surface area contributed by atoms with Crippen molar-refractivity contribution < 1.29 is 12.8 Å². The Morgan fingerprint density at radius 1 is 1.19 bits per heavy atom. The van der Waals surface area contributed by atoms with E-state index in [9.17, 15) is 12.8 Å². The van der Waals surface area contributed by atoms with Gasteiger partial charge in [-0.05, 0) is 29.8 Å². The fourth-order valence-corrected chi connectivity index (χ4v) is 3.12. The van der Waals surface area contributed by atoms with Crippen LogP contribution in [0, 0.1) is 5.82 Å². The van der Waals surface area contributed by atoms with Crippen LogP contribution in [0.3, 0.4) is 0 Å². The van der Waals surface area contributed by atoms with E-state index < -0.39 is 15.8 Å². The van der Waals surface area contributed by atoms with Crippen molar-refractivity contribution in [3.63, 3.8) is 0 Å². The summed E-state index contributed by atoms with van der Waals surface area (Å²) in [5, 5.41) is -0.0595. The second-order valence-corrected chi connectivity index (χ2v) is 6.36. The molecule has 0 aliphatic carbocycles. The summed E-state index contributed by atoms with van der Waals surface area (Å²) in [6.07, 6.45) is 0. The molecule has 2 aromatic carbocycles. The molecule has 5 nitrogen and oxygen atoms in total. The van der Waals surface area contributed by atoms with Crippen LogP contribution in [0.5, 0.6) is 0 Å². The van der Waals surface area contributed by atoms with Gasteiger partial charge in [0.25, 0.3) is 0 Å². The molecule has 0 saturated carbocycles. The first-order valence-corrected chi connectivity index (χ1v) is 7.79. The van der Waals surface area contributed by atoms with E-state index in [0.29, 0.717) is 5.56 Å². The molecule has 0 fully saturated rings. The smallest absolute Gasteiger partial charge is 0.242 e. The van der Waals surface area contributed by atoms with Crippen LogP contribution in [-0.2, 0) is 16.6 Å². The van der Waals surface area contributed by atoms with Crippen molar-refractivity contribution in [3.05, 3.63) is 58.9 Å². The Labute approximate surface area is 126 Å². The fourth-order valence-electron chi connectivity index (χ4n) is 1.73. The molecule has 0 amide bonds. The Hall–Kier alpha value is -1.67. The van der Waals surface area contributed by atoms with Crippen LogP contribution >= 0.6 is 11.6 Å². The lowest BCUT2D eigenvalue weighted by molar-refractivity contribution is 0.581. The van der Waals surface area contributed by atoms with E-state index in [1.54, 1.807) is 18.2 Å². The van der Waals surface area contributed by atoms with E-state index >= 15 is 0 Å². The zero-order valence-corrected chi connectivity index (χ0v) is 12.4. The van der Waals surface area contributed by atoms with Crippen LogP contribution in [0.15, 0.2) is 47.4 Å². The van der Waals surface area contributed by atoms with Crippen molar-refractivity contribution >= 4 is 27.3 Å². The Morgan fingerprint density at radius 2 is 1.90 bits per heavy atom. The number of nitrogens with two attached hydrogens (primary N) is 1. The fraction of sp³-hybridized carbons (Fsp3) is 0.0769. The largest absolute Gasteiger partial charge is 0.323 e. The summed E-state index contributed by atoms with van der Waals surface area (Å²) in [4.78, 5) is 0.0284. The second-order valence-electron chi connectivity index (χ2n) is 4.21. The topological polar surface area (TPSA) is 84.2 Å². The summed E-state index contributed by atoms with van der Waals surface area (Å²) in [7, 11) is -3.75. The van der Waals surface area contributed by atoms with E-state index in [2.05, 4.69) is 10.1 Å². The quantitative estimate of drug-likeness (QED) is 0.580. The van der Waals surface area contributed by atoms with E-state index in [1.807, 2.05) is 0 Å². The molecule has 112 valence electrons. The summed E-state index contributed by atoms with van der Waals surface area (Å²) in [5.41, 5.74) is 3.15. The Kier molecular flexibility index (Phi) is 4.79. The first-order valence-electron chi connectivity index (χ1n) is 5.93. The molecule has 0 aromatic heterocycles. The van der Waals surface area contributed by atoms with Crippen molar-refractivity contribution in [3.8, 4) is 0 Å². The van der Waals surface area contributed by atoms with Gasteiger partial charge in [0.05, 0.1) is 10.7 Å². The number of sulfonamides is 1. The van der Waals surface area contributed by atoms with Crippen LogP contribution in [0.25, 0.3) is 0 Å². The summed E-state index contributed by atoms with van der Waals surface area (Å²) in [6.45, 7) is -0.0127. The van der Waals surface area contributed by atoms with Crippen molar-refractivity contribution in [1.82, 2.24) is 4.72 Å². The molecule has 8 heteroatoms. The van der Waals surface area contributed by atoms with Crippen LogP contribution < -0.4 is 16.0 Å². The van der Waals surface area contributed by atoms with Gasteiger partial charge < -0.3 is 5.43 Å². The normalized spacial score (nSPS) is 11.4. The van der Waals surface area contributed by atoms with Crippen LogP contribution in [0.1, 0.15) is 5.56 Å². The average Bonchev–Trinajstić information content (AvgIpc) is 2.48. The minimum atomic E-state index is -3.75. The third kappa shape index (κ3) is 3.70. The molecule has 0 saturated heterocycles. The standard InChI is InChI=1S/C13H13ClFN3O2S/c14-10-7-9(5-6-11(10)15)8-17-21(19,20)13-4-2-1-3-12(13)18-16/h1-7,17-18H,8,16H2. The molecule has 21 heavy (non-hydrogen) atoms. The molecule has 2 aromatic rings. The number of nitrogen functional groups attached to an aromatic ring is 1. The first-order chi connectivity index (χ1) is 9.94.